The van der Waals surface area contributed by atoms with Crippen molar-refractivity contribution in [3.8, 4) is 5.75 Å². The minimum Gasteiger partial charge on any atom is -0.496 e. The van der Waals surface area contributed by atoms with Crippen LogP contribution in [-0.2, 0) is 26.1 Å². The average Bonchev–Trinajstić information content (AvgIpc) is 3.10. The SMILES string of the molecule is COc1ccc(S(N)(=O)=O)cc1C(=O)OCC(=O)N(C)Cc1ccco1. The van der Waals surface area contributed by atoms with E-state index in [2.05, 4.69) is 0 Å². The van der Waals surface area contributed by atoms with Crippen LogP contribution in [0.4, 0.5) is 0 Å². The first-order valence-corrected chi connectivity index (χ1v) is 8.91. The zero-order valence-electron chi connectivity index (χ0n) is 14.2. The number of carbonyl (C=O) groups excluding carboxylic acids is 2. The van der Waals surface area contributed by atoms with Crippen molar-refractivity contribution in [3.05, 3.63) is 47.9 Å². The summed E-state index contributed by atoms with van der Waals surface area (Å²) < 4.78 is 38.0. The van der Waals surface area contributed by atoms with Gasteiger partial charge >= 0.3 is 5.97 Å². The van der Waals surface area contributed by atoms with Crippen LogP contribution in [0.25, 0.3) is 0 Å². The lowest BCUT2D eigenvalue weighted by molar-refractivity contribution is -0.134. The quantitative estimate of drug-likeness (QED) is 0.700. The molecule has 0 saturated heterocycles. The molecule has 0 aliphatic rings. The van der Waals surface area contributed by atoms with Gasteiger partial charge < -0.3 is 18.8 Å². The molecule has 1 aromatic heterocycles. The number of esters is 1. The number of furan rings is 1. The lowest BCUT2D eigenvalue weighted by Crippen LogP contribution is -2.30. The first-order chi connectivity index (χ1) is 12.2. The Labute approximate surface area is 150 Å². The van der Waals surface area contributed by atoms with E-state index in [0.717, 1.165) is 6.07 Å². The number of nitrogens with zero attached hydrogens (tertiary/aromatic N) is 1. The second kappa shape index (κ2) is 8.02. The Kier molecular flexibility index (Phi) is 6.01. The molecule has 0 spiro atoms. The largest absolute Gasteiger partial charge is 0.496 e. The zero-order chi connectivity index (χ0) is 19.3. The third-order valence-corrected chi connectivity index (χ3v) is 4.36. The Morgan fingerprint density at radius 3 is 2.58 bits per heavy atom. The summed E-state index contributed by atoms with van der Waals surface area (Å²) in [6.07, 6.45) is 1.48. The van der Waals surface area contributed by atoms with Gasteiger partial charge in [0.15, 0.2) is 6.61 Å². The van der Waals surface area contributed by atoms with Crippen molar-refractivity contribution in [3.63, 3.8) is 0 Å². The molecule has 0 aliphatic heterocycles. The van der Waals surface area contributed by atoms with Gasteiger partial charge in [-0.2, -0.15) is 0 Å². The van der Waals surface area contributed by atoms with Crippen molar-refractivity contribution in [1.29, 1.82) is 0 Å². The van der Waals surface area contributed by atoms with E-state index in [1.807, 2.05) is 0 Å². The summed E-state index contributed by atoms with van der Waals surface area (Å²) in [4.78, 5) is 25.3. The number of methoxy groups -OCH3 is 1. The topological polar surface area (TPSA) is 129 Å². The van der Waals surface area contributed by atoms with E-state index < -0.39 is 28.5 Å². The Morgan fingerprint density at radius 1 is 1.27 bits per heavy atom. The van der Waals surface area contributed by atoms with E-state index in [-0.39, 0.29) is 22.8 Å². The van der Waals surface area contributed by atoms with Crippen LogP contribution in [0, 0.1) is 0 Å². The predicted molar refractivity (Wildman–Crippen MR) is 89.8 cm³/mol. The number of primary sulfonamides is 1. The minimum atomic E-state index is -4.01. The van der Waals surface area contributed by atoms with Crippen LogP contribution in [0.2, 0.25) is 0 Å². The Hall–Kier alpha value is -2.85. The van der Waals surface area contributed by atoms with Gasteiger partial charge in [-0.25, -0.2) is 18.4 Å². The van der Waals surface area contributed by atoms with Crippen LogP contribution < -0.4 is 9.88 Å². The van der Waals surface area contributed by atoms with Crippen molar-refractivity contribution in [2.24, 2.45) is 5.14 Å². The molecule has 1 amide bonds. The summed E-state index contributed by atoms with van der Waals surface area (Å²) in [6.45, 7) is -0.313. The smallest absolute Gasteiger partial charge is 0.342 e. The molecule has 2 aromatic rings. The Balaban J connectivity index is 2.06. The Bertz CT molecular complexity index is 891. The van der Waals surface area contributed by atoms with E-state index in [1.165, 1.54) is 37.5 Å². The van der Waals surface area contributed by atoms with Crippen LogP contribution in [0.3, 0.4) is 0 Å². The highest BCUT2D eigenvalue weighted by atomic mass is 32.2. The standard InChI is InChI=1S/C16H18N2O7S/c1-18(9-11-4-3-7-24-11)15(19)10-25-16(20)13-8-12(26(17,21)22)5-6-14(13)23-2/h3-8H,9-10H2,1-2H3,(H2,17,21,22). The fraction of sp³-hybridized carbons (Fsp3) is 0.250. The first-order valence-electron chi connectivity index (χ1n) is 7.36. The Morgan fingerprint density at radius 2 is 2.00 bits per heavy atom. The summed E-state index contributed by atoms with van der Waals surface area (Å²) in [7, 11) is -1.17. The lowest BCUT2D eigenvalue weighted by Gasteiger charge is -2.16. The third-order valence-electron chi connectivity index (χ3n) is 3.44. The van der Waals surface area contributed by atoms with E-state index in [4.69, 9.17) is 19.0 Å². The van der Waals surface area contributed by atoms with E-state index >= 15 is 0 Å². The lowest BCUT2D eigenvalue weighted by atomic mass is 10.2. The monoisotopic (exact) mass is 382 g/mol. The van der Waals surface area contributed by atoms with Gasteiger partial charge in [0.25, 0.3) is 5.91 Å². The fourth-order valence-electron chi connectivity index (χ4n) is 2.06. The van der Waals surface area contributed by atoms with Crippen molar-refractivity contribution >= 4 is 21.9 Å². The van der Waals surface area contributed by atoms with E-state index in [0.29, 0.717) is 5.76 Å². The van der Waals surface area contributed by atoms with Gasteiger partial charge in [-0.15, -0.1) is 0 Å². The number of benzene rings is 1. The van der Waals surface area contributed by atoms with Gasteiger partial charge in [-0.05, 0) is 30.3 Å². The molecule has 1 aromatic carbocycles. The highest BCUT2D eigenvalue weighted by Crippen LogP contribution is 2.22. The zero-order valence-corrected chi connectivity index (χ0v) is 15.0. The van der Waals surface area contributed by atoms with Gasteiger partial charge in [0.1, 0.15) is 17.1 Å². The summed E-state index contributed by atoms with van der Waals surface area (Å²) >= 11 is 0. The number of nitrogens with two attached hydrogens (primary N) is 1. The molecule has 1 heterocycles. The number of likely N-dealkylation sites (N-methyl/N-ethyl adjacent to an activating group) is 1. The van der Waals surface area contributed by atoms with Gasteiger partial charge in [0.05, 0.1) is 24.8 Å². The molecule has 140 valence electrons. The van der Waals surface area contributed by atoms with Crippen LogP contribution in [0.1, 0.15) is 16.1 Å². The van der Waals surface area contributed by atoms with Crippen LogP contribution >= 0.6 is 0 Å². The molecule has 9 nitrogen and oxygen atoms in total. The molecular formula is C16H18N2O7S. The normalized spacial score (nSPS) is 11.0. The molecular weight excluding hydrogens is 364 g/mol. The second-order valence-electron chi connectivity index (χ2n) is 5.31. The molecule has 0 saturated carbocycles. The van der Waals surface area contributed by atoms with Gasteiger partial charge in [-0.1, -0.05) is 0 Å². The van der Waals surface area contributed by atoms with Crippen molar-refractivity contribution < 1.29 is 31.9 Å². The fourth-order valence-corrected chi connectivity index (χ4v) is 2.60. The summed E-state index contributed by atoms with van der Waals surface area (Å²) in [5.41, 5.74) is -0.152. The molecule has 0 fully saturated rings. The highest BCUT2D eigenvalue weighted by Gasteiger charge is 2.20. The van der Waals surface area contributed by atoms with Gasteiger partial charge in [-0.3, -0.25) is 4.79 Å². The molecule has 2 N–H and O–H groups in total. The highest BCUT2D eigenvalue weighted by molar-refractivity contribution is 7.89. The molecule has 0 bridgehead atoms. The number of hydrogen-bond acceptors (Lipinski definition) is 7. The number of rotatable bonds is 7. The van der Waals surface area contributed by atoms with Gasteiger partial charge in [0.2, 0.25) is 10.0 Å². The van der Waals surface area contributed by atoms with Crippen LogP contribution in [-0.4, -0.2) is 46.0 Å². The van der Waals surface area contributed by atoms with E-state index in [9.17, 15) is 18.0 Å². The average molecular weight is 382 g/mol. The van der Waals surface area contributed by atoms with Crippen LogP contribution in [0.5, 0.6) is 5.75 Å². The summed E-state index contributed by atoms with van der Waals surface area (Å²) in [5, 5.41) is 5.05. The number of amides is 1. The molecule has 0 radical (unpaired) electrons. The number of hydrogen-bond donors (Lipinski definition) is 1. The minimum absolute atomic E-state index is 0.0961. The van der Waals surface area contributed by atoms with Crippen molar-refractivity contribution in [2.75, 3.05) is 20.8 Å². The number of ether oxygens (including phenoxy) is 2. The molecule has 0 unspecified atom stereocenters. The maximum atomic E-state index is 12.2. The summed E-state index contributed by atoms with van der Waals surface area (Å²) in [6, 6.07) is 6.92. The molecule has 26 heavy (non-hydrogen) atoms. The maximum Gasteiger partial charge on any atom is 0.342 e. The van der Waals surface area contributed by atoms with Crippen molar-refractivity contribution in [1.82, 2.24) is 4.90 Å². The molecule has 10 heteroatoms. The third kappa shape index (κ3) is 4.83. The first kappa shape index (κ1) is 19.5. The number of sulfonamides is 1. The predicted octanol–water partition coefficient (Wildman–Crippen LogP) is 0.751. The maximum absolute atomic E-state index is 12.2. The molecule has 0 aliphatic carbocycles. The molecule has 2 rings (SSSR count). The van der Waals surface area contributed by atoms with Crippen molar-refractivity contribution in [2.45, 2.75) is 11.4 Å². The van der Waals surface area contributed by atoms with Crippen LogP contribution in [0.15, 0.2) is 45.9 Å². The van der Waals surface area contributed by atoms with E-state index in [1.54, 1.807) is 12.1 Å². The number of carbonyl (C=O) groups is 2. The van der Waals surface area contributed by atoms with Gasteiger partial charge in [0, 0.05) is 7.05 Å². The molecule has 0 atom stereocenters. The second-order valence-corrected chi connectivity index (χ2v) is 6.87. The summed E-state index contributed by atoms with van der Waals surface area (Å²) in [5.74, 6) is -0.697.